The number of alkyl halides is 1. The van der Waals surface area contributed by atoms with E-state index in [1.807, 2.05) is 13.1 Å². The van der Waals surface area contributed by atoms with E-state index in [1.165, 1.54) is 7.11 Å². The molecule has 0 aliphatic carbocycles. The quantitative estimate of drug-likeness (QED) is 0.423. The van der Waals surface area contributed by atoms with E-state index in [0.29, 0.717) is 0 Å². The Morgan fingerprint density at radius 3 is 2.45 bits per heavy atom. The Labute approximate surface area is 76.3 Å². The Kier molecular flexibility index (Phi) is 4.95. The number of hydrogen-bond acceptors (Lipinski definition) is 3. The van der Waals surface area contributed by atoms with Crippen LogP contribution in [0.1, 0.15) is 0 Å². The molecule has 5 heteroatoms. The summed E-state index contributed by atoms with van der Waals surface area (Å²) in [6, 6.07) is 0. The number of methoxy groups -OCH3 is 1. The normalized spacial score (nSPS) is 11.3. The Morgan fingerprint density at radius 2 is 2.09 bits per heavy atom. The van der Waals surface area contributed by atoms with Crippen LogP contribution in [0.15, 0.2) is 0 Å². The predicted molar refractivity (Wildman–Crippen MR) is 49.2 cm³/mol. The monoisotopic (exact) mass is 240 g/mol. The number of rotatable bonds is 4. The fourth-order valence-electron chi connectivity index (χ4n) is 0.352. The van der Waals surface area contributed by atoms with Gasteiger partial charge in [-0.2, -0.15) is 0 Å². The van der Waals surface area contributed by atoms with Gasteiger partial charge in [0.15, 0.2) is 8.32 Å². The largest absolute Gasteiger partial charge is 0.467 e. The highest BCUT2D eigenvalue weighted by atomic mass is 79.9. The minimum Gasteiger partial charge on any atom is -0.467 e. The number of carbonyl (C=O) groups is 1. The molecule has 0 atom stereocenters. The summed E-state index contributed by atoms with van der Waals surface area (Å²) in [6.07, 6.45) is 0. The summed E-state index contributed by atoms with van der Waals surface area (Å²) >= 11 is 3.33. The zero-order chi connectivity index (χ0) is 8.91. The van der Waals surface area contributed by atoms with Crippen molar-refractivity contribution in [2.24, 2.45) is 0 Å². The third-order valence-corrected chi connectivity index (χ3v) is 6.75. The molecule has 11 heavy (non-hydrogen) atoms. The summed E-state index contributed by atoms with van der Waals surface area (Å²) in [5, 5.41) is 0. The first-order chi connectivity index (χ1) is 5.02. The SMILES string of the molecule is COC(=O)CO[Si](C)(C)CBr. The van der Waals surface area contributed by atoms with Gasteiger partial charge in [0, 0.05) is 4.95 Å². The lowest BCUT2D eigenvalue weighted by molar-refractivity contribution is -0.143. The highest BCUT2D eigenvalue weighted by molar-refractivity contribution is 9.09. The molecule has 0 aliphatic rings. The van der Waals surface area contributed by atoms with Crippen LogP contribution in [0.3, 0.4) is 0 Å². The van der Waals surface area contributed by atoms with E-state index in [9.17, 15) is 4.79 Å². The highest BCUT2D eigenvalue weighted by Crippen LogP contribution is 2.07. The van der Waals surface area contributed by atoms with Gasteiger partial charge < -0.3 is 9.16 Å². The van der Waals surface area contributed by atoms with Crippen molar-refractivity contribution in [2.75, 3.05) is 18.7 Å². The number of ether oxygens (including phenoxy) is 1. The second-order valence-electron chi connectivity index (χ2n) is 2.76. The van der Waals surface area contributed by atoms with Crippen LogP contribution in [0.5, 0.6) is 0 Å². The van der Waals surface area contributed by atoms with Gasteiger partial charge in [-0.1, -0.05) is 15.9 Å². The number of carbonyl (C=O) groups excluding carboxylic acids is 1. The second-order valence-corrected chi connectivity index (χ2v) is 8.52. The maximum Gasteiger partial charge on any atom is 0.330 e. The van der Waals surface area contributed by atoms with Crippen LogP contribution in [0.2, 0.25) is 13.1 Å². The van der Waals surface area contributed by atoms with Crippen LogP contribution < -0.4 is 0 Å². The molecule has 0 unspecified atom stereocenters. The summed E-state index contributed by atoms with van der Waals surface area (Å²) in [5.74, 6) is -0.313. The minimum absolute atomic E-state index is 0.0708. The van der Waals surface area contributed by atoms with Crippen LogP contribution in [-0.4, -0.2) is 33.0 Å². The zero-order valence-electron chi connectivity index (χ0n) is 7.02. The number of esters is 1. The number of hydrogen-bond donors (Lipinski definition) is 0. The van der Waals surface area contributed by atoms with E-state index in [4.69, 9.17) is 4.43 Å². The fourth-order valence-corrected chi connectivity index (χ4v) is 1.42. The van der Waals surface area contributed by atoms with Gasteiger partial charge in [-0.15, -0.1) is 0 Å². The maximum absolute atomic E-state index is 10.6. The standard InChI is InChI=1S/C6H13BrO3Si/c1-9-6(8)4-10-11(2,3)5-7/h4-5H2,1-3H3. The molecule has 0 saturated heterocycles. The van der Waals surface area contributed by atoms with Gasteiger partial charge in [0.1, 0.15) is 6.61 Å². The van der Waals surface area contributed by atoms with Crippen molar-refractivity contribution in [1.29, 1.82) is 0 Å². The molecule has 0 N–H and O–H groups in total. The van der Waals surface area contributed by atoms with Gasteiger partial charge in [-0.05, 0) is 13.1 Å². The molecular weight excluding hydrogens is 228 g/mol. The average molecular weight is 241 g/mol. The lowest BCUT2D eigenvalue weighted by Crippen LogP contribution is -2.35. The Bertz CT molecular complexity index is 138. The molecule has 0 amide bonds. The van der Waals surface area contributed by atoms with Crippen molar-refractivity contribution < 1.29 is 14.0 Å². The Hall–Kier alpha value is 0.127. The molecule has 0 rings (SSSR count). The van der Waals surface area contributed by atoms with Crippen molar-refractivity contribution in [3.05, 3.63) is 0 Å². The molecule has 0 spiro atoms. The zero-order valence-corrected chi connectivity index (χ0v) is 9.60. The summed E-state index contributed by atoms with van der Waals surface area (Å²) in [6.45, 7) is 4.14. The van der Waals surface area contributed by atoms with Crippen LogP contribution in [0.25, 0.3) is 0 Å². The third kappa shape index (κ3) is 5.40. The van der Waals surface area contributed by atoms with Crippen molar-refractivity contribution >= 4 is 30.2 Å². The van der Waals surface area contributed by atoms with E-state index in [-0.39, 0.29) is 12.6 Å². The summed E-state index contributed by atoms with van der Waals surface area (Å²) < 4.78 is 9.78. The van der Waals surface area contributed by atoms with Crippen LogP contribution in [0, 0.1) is 0 Å². The molecule has 3 nitrogen and oxygen atoms in total. The molecule has 0 saturated carbocycles. The van der Waals surface area contributed by atoms with Crippen LogP contribution in [0.4, 0.5) is 0 Å². The van der Waals surface area contributed by atoms with E-state index in [1.54, 1.807) is 0 Å². The van der Waals surface area contributed by atoms with Crippen molar-refractivity contribution in [3.8, 4) is 0 Å². The van der Waals surface area contributed by atoms with Crippen molar-refractivity contribution in [2.45, 2.75) is 13.1 Å². The molecule has 0 aromatic heterocycles. The third-order valence-electron chi connectivity index (χ3n) is 1.13. The molecule has 0 bridgehead atoms. The van der Waals surface area contributed by atoms with Crippen LogP contribution in [-0.2, 0) is 14.0 Å². The van der Waals surface area contributed by atoms with E-state index < -0.39 is 8.32 Å². The van der Waals surface area contributed by atoms with Gasteiger partial charge in [-0.3, -0.25) is 0 Å². The van der Waals surface area contributed by atoms with Gasteiger partial charge in [-0.25, -0.2) is 4.79 Å². The average Bonchev–Trinajstić information content (AvgIpc) is 2.00. The molecule has 0 aliphatic heterocycles. The first kappa shape index (κ1) is 11.1. The molecular formula is C6H13BrO3Si. The summed E-state index contributed by atoms with van der Waals surface area (Å²) in [4.78, 5) is 11.5. The van der Waals surface area contributed by atoms with Crippen molar-refractivity contribution in [1.82, 2.24) is 0 Å². The summed E-state index contributed by atoms with van der Waals surface area (Å²) in [7, 11) is -0.285. The first-order valence-electron chi connectivity index (χ1n) is 3.28. The van der Waals surface area contributed by atoms with Crippen LogP contribution >= 0.6 is 15.9 Å². The highest BCUT2D eigenvalue weighted by Gasteiger charge is 2.21. The molecule has 0 radical (unpaired) electrons. The predicted octanol–water partition coefficient (Wildman–Crippen LogP) is 1.32. The van der Waals surface area contributed by atoms with Gasteiger partial charge >= 0.3 is 5.97 Å². The molecule has 0 aromatic carbocycles. The molecule has 66 valence electrons. The van der Waals surface area contributed by atoms with E-state index in [2.05, 4.69) is 20.7 Å². The van der Waals surface area contributed by atoms with E-state index in [0.717, 1.165) is 4.95 Å². The van der Waals surface area contributed by atoms with Gasteiger partial charge in [0.25, 0.3) is 0 Å². The van der Waals surface area contributed by atoms with E-state index >= 15 is 0 Å². The smallest absolute Gasteiger partial charge is 0.330 e. The molecule has 0 heterocycles. The lowest BCUT2D eigenvalue weighted by atomic mass is 10.8. The second kappa shape index (κ2) is 4.90. The lowest BCUT2D eigenvalue weighted by Gasteiger charge is -2.18. The minimum atomic E-state index is -1.64. The van der Waals surface area contributed by atoms with Crippen molar-refractivity contribution in [3.63, 3.8) is 0 Å². The molecule has 0 fully saturated rings. The first-order valence-corrected chi connectivity index (χ1v) is 7.52. The Morgan fingerprint density at radius 1 is 1.55 bits per heavy atom. The number of halogens is 1. The topological polar surface area (TPSA) is 35.5 Å². The molecule has 0 aromatic rings. The van der Waals surface area contributed by atoms with Gasteiger partial charge in [0.05, 0.1) is 7.11 Å². The van der Waals surface area contributed by atoms with Gasteiger partial charge in [0.2, 0.25) is 0 Å². The summed E-state index contributed by atoms with van der Waals surface area (Å²) in [5.41, 5.74) is 0. The fraction of sp³-hybridized carbons (Fsp3) is 0.833. The maximum atomic E-state index is 10.6. The Balaban J connectivity index is 3.61.